The second-order valence-electron chi connectivity index (χ2n) is 4.92. The Balaban J connectivity index is 1.62. The lowest BCUT2D eigenvalue weighted by Crippen LogP contribution is -2.50. The Bertz CT molecular complexity index is 186. The maximum atomic E-state index is 4.25. The highest BCUT2D eigenvalue weighted by atomic mass is 32.1. The Labute approximate surface area is 99.4 Å². The van der Waals surface area contributed by atoms with Gasteiger partial charge in [-0.15, -0.1) is 0 Å². The van der Waals surface area contributed by atoms with E-state index in [1.807, 2.05) is 0 Å². The molecular weight excluding hydrogens is 204 g/mol. The van der Waals surface area contributed by atoms with E-state index in [1.165, 1.54) is 64.8 Å². The van der Waals surface area contributed by atoms with Crippen molar-refractivity contribution in [2.75, 3.05) is 38.5 Å². The zero-order valence-corrected chi connectivity index (χ0v) is 10.6. The van der Waals surface area contributed by atoms with Gasteiger partial charge < -0.3 is 4.90 Å². The first kappa shape index (κ1) is 11.7. The molecule has 1 unspecified atom stereocenters. The van der Waals surface area contributed by atoms with Crippen LogP contribution in [0.15, 0.2) is 0 Å². The van der Waals surface area contributed by atoms with Gasteiger partial charge in [-0.25, -0.2) is 0 Å². The fraction of sp³-hybridized carbons (Fsp3) is 1.00. The van der Waals surface area contributed by atoms with E-state index < -0.39 is 0 Å². The molecule has 15 heavy (non-hydrogen) atoms. The van der Waals surface area contributed by atoms with Crippen molar-refractivity contribution < 1.29 is 0 Å². The minimum Gasteiger partial charge on any atom is -0.301 e. The van der Waals surface area contributed by atoms with Crippen molar-refractivity contribution in [3.05, 3.63) is 0 Å². The van der Waals surface area contributed by atoms with Crippen LogP contribution in [0.5, 0.6) is 0 Å². The predicted molar refractivity (Wildman–Crippen MR) is 68.7 cm³/mol. The van der Waals surface area contributed by atoms with Crippen molar-refractivity contribution in [1.29, 1.82) is 0 Å². The van der Waals surface area contributed by atoms with Crippen molar-refractivity contribution in [1.82, 2.24) is 9.80 Å². The van der Waals surface area contributed by atoms with E-state index in [1.54, 1.807) is 0 Å². The highest BCUT2D eigenvalue weighted by molar-refractivity contribution is 7.80. The van der Waals surface area contributed by atoms with Crippen LogP contribution in [-0.4, -0.2) is 54.3 Å². The van der Waals surface area contributed by atoms with E-state index in [9.17, 15) is 0 Å². The van der Waals surface area contributed by atoms with Gasteiger partial charge >= 0.3 is 0 Å². The monoisotopic (exact) mass is 228 g/mol. The number of hydrogen-bond acceptors (Lipinski definition) is 3. The van der Waals surface area contributed by atoms with Crippen molar-refractivity contribution >= 4 is 12.6 Å². The first-order valence-corrected chi connectivity index (χ1v) is 7.10. The first-order chi connectivity index (χ1) is 7.40. The third-order valence-electron chi connectivity index (χ3n) is 3.80. The summed E-state index contributed by atoms with van der Waals surface area (Å²) in [5, 5.41) is 0. The second-order valence-corrected chi connectivity index (χ2v) is 5.36. The average Bonchev–Trinajstić information content (AvgIpc) is 2.71. The van der Waals surface area contributed by atoms with Gasteiger partial charge in [0.25, 0.3) is 0 Å². The van der Waals surface area contributed by atoms with E-state index in [4.69, 9.17) is 0 Å². The van der Waals surface area contributed by atoms with Crippen molar-refractivity contribution in [2.45, 2.75) is 38.1 Å². The number of unbranched alkanes of at least 4 members (excludes halogenated alkanes) is 2. The Morgan fingerprint density at radius 1 is 1.07 bits per heavy atom. The lowest BCUT2D eigenvalue weighted by Gasteiger charge is -2.37. The molecule has 0 amide bonds. The van der Waals surface area contributed by atoms with Crippen LogP contribution in [0.25, 0.3) is 0 Å². The summed E-state index contributed by atoms with van der Waals surface area (Å²) in [4.78, 5) is 5.36. The summed E-state index contributed by atoms with van der Waals surface area (Å²) in [6, 6.07) is 0.892. The Morgan fingerprint density at radius 2 is 2.00 bits per heavy atom. The van der Waals surface area contributed by atoms with Crippen molar-refractivity contribution in [3.8, 4) is 0 Å². The van der Waals surface area contributed by atoms with Crippen LogP contribution in [0.3, 0.4) is 0 Å². The van der Waals surface area contributed by atoms with Crippen LogP contribution >= 0.6 is 12.6 Å². The van der Waals surface area contributed by atoms with Gasteiger partial charge in [-0.2, -0.15) is 12.6 Å². The molecule has 88 valence electrons. The van der Waals surface area contributed by atoms with Gasteiger partial charge in [-0.05, 0) is 44.5 Å². The molecule has 2 fully saturated rings. The topological polar surface area (TPSA) is 6.48 Å². The second kappa shape index (κ2) is 6.12. The van der Waals surface area contributed by atoms with Crippen LogP contribution in [0.4, 0.5) is 0 Å². The lowest BCUT2D eigenvalue weighted by atomic mass is 10.1. The summed E-state index contributed by atoms with van der Waals surface area (Å²) in [5.41, 5.74) is 0. The maximum absolute atomic E-state index is 4.25. The largest absolute Gasteiger partial charge is 0.301 e. The quantitative estimate of drug-likeness (QED) is 0.567. The average molecular weight is 228 g/mol. The number of piperazine rings is 1. The van der Waals surface area contributed by atoms with Crippen LogP contribution in [-0.2, 0) is 0 Å². The molecular formula is C12H24N2S. The molecule has 0 N–H and O–H groups in total. The van der Waals surface area contributed by atoms with Crippen LogP contribution in [0.2, 0.25) is 0 Å². The first-order valence-electron chi connectivity index (χ1n) is 6.47. The fourth-order valence-electron chi connectivity index (χ4n) is 2.88. The van der Waals surface area contributed by atoms with Crippen LogP contribution in [0, 0.1) is 0 Å². The lowest BCUT2D eigenvalue weighted by molar-refractivity contribution is 0.103. The highest BCUT2D eigenvalue weighted by Crippen LogP contribution is 2.21. The molecule has 2 rings (SSSR count). The SMILES string of the molecule is SCCCCCN1CCN2CCCC2C1. The molecule has 0 radical (unpaired) electrons. The Morgan fingerprint density at radius 3 is 2.87 bits per heavy atom. The van der Waals surface area contributed by atoms with Gasteiger partial charge in [0.15, 0.2) is 0 Å². The summed E-state index contributed by atoms with van der Waals surface area (Å²) in [7, 11) is 0. The number of fused-ring (bicyclic) bond motifs is 1. The molecule has 2 aliphatic heterocycles. The number of thiol groups is 1. The van der Waals surface area contributed by atoms with Gasteiger partial charge in [-0.3, -0.25) is 4.90 Å². The molecule has 0 bridgehead atoms. The van der Waals surface area contributed by atoms with Crippen LogP contribution in [0.1, 0.15) is 32.1 Å². The van der Waals surface area contributed by atoms with E-state index in [2.05, 4.69) is 22.4 Å². The van der Waals surface area contributed by atoms with Crippen LogP contribution < -0.4 is 0 Å². The molecule has 0 aromatic carbocycles. The maximum Gasteiger partial charge on any atom is 0.0224 e. The summed E-state index contributed by atoms with van der Waals surface area (Å²) < 4.78 is 0. The summed E-state index contributed by atoms with van der Waals surface area (Å²) in [5.74, 6) is 1.05. The molecule has 1 atom stereocenters. The third kappa shape index (κ3) is 3.36. The van der Waals surface area contributed by atoms with Crippen molar-refractivity contribution in [3.63, 3.8) is 0 Å². The fourth-order valence-corrected chi connectivity index (χ4v) is 3.11. The standard InChI is InChI=1S/C12H24N2S/c15-10-3-1-2-6-13-8-9-14-7-4-5-12(14)11-13/h12,15H,1-11H2. The molecule has 0 spiro atoms. The highest BCUT2D eigenvalue weighted by Gasteiger charge is 2.29. The van der Waals surface area contributed by atoms with E-state index in [0.29, 0.717) is 0 Å². The van der Waals surface area contributed by atoms with E-state index in [0.717, 1.165) is 11.8 Å². The number of nitrogens with zero attached hydrogens (tertiary/aromatic N) is 2. The Kier molecular flexibility index (Phi) is 4.79. The minimum atomic E-state index is 0.892. The zero-order chi connectivity index (χ0) is 10.5. The molecule has 0 saturated carbocycles. The predicted octanol–water partition coefficient (Wildman–Crippen LogP) is 1.87. The summed E-state index contributed by atoms with van der Waals surface area (Å²) in [6.07, 6.45) is 6.87. The number of rotatable bonds is 5. The van der Waals surface area contributed by atoms with Gasteiger partial charge in [0.1, 0.15) is 0 Å². The zero-order valence-electron chi connectivity index (χ0n) is 9.70. The minimum absolute atomic E-state index is 0.892. The van der Waals surface area contributed by atoms with Gasteiger partial charge in [-0.1, -0.05) is 6.42 Å². The molecule has 2 saturated heterocycles. The molecule has 0 aromatic rings. The molecule has 0 aromatic heterocycles. The van der Waals surface area contributed by atoms with E-state index >= 15 is 0 Å². The van der Waals surface area contributed by atoms with Gasteiger partial charge in [0, 0.05) is 25.7 Å². The third-order valence-corrected chi connectivity index (χ3v) is 4.12. The molecule has 2 heterocycles. The molecule has 2 aliphatic rings. The van der Waals surface area contributed by atoms with Crippen molar-refractivity contribution in [2.24, 2.45) is 0 Å². The smallest absolute Gasteiger partial charge is 0.0224 e. The summed E-state index contributed by atoms with van der Waals surface area (Å²) in [6.45, 7) is 6.63. The molecule has 0 aliphatic carbocycles. The normalized spacial score (nSPS) is 28.2. The molecule has 3 heteroatoms. The summed E-state index contributed by atoms with van der Waals surface area (Å²) >= 11 is 4.25. The molecule has 2 nitrogen and oxygen atoms in total. The van der Waals surface area contributed by atoms with E-state index in [-0.39, 0.29) is 0 Å². The van der Waals surface area contributed by atoms with Gasteiger partial charge in [0.05, 0.1) is 0 Å². The van der Waals surface area contributed by atoms with Gasteiger partial charge in [0.2, 0.25) is 0 Å². The number of hydrogen-bond donors (Lipinski definition) is 1. The Hall–Kier alpha value is 0.270.